The van der Waals surface area contributed by atoms with Crippen LogP contribution in [0.2, 0.25) is 0 Å². The average molecular weight is 272 g/mol. The molecular formula is C16H17FN2O. The normalized spacial score (nSPS) is 10.6. The summed E-state index contributed by atoms with van der Waals surface area (Å²) in [5.74, 6) is -0.533. The van der Waals surface area contributed by atoms with Crippen LogP contribution < -0.4 is 11.1 Å². The summed E-state index contributed by atoms with van der Waals surface area (Å²) >= 11 is 0. The van der Waals surface area contributed by atoms with Crippen molar-refractivity contribution in [3.8, 4) is 0 Å². The van der Waals surface area contributed by atoms with E-state index in [-0.39, 0.29) is 11.3 Å². The van der Waals surface area contributed by atoms with Gasteiger partial charge in [0.1, 0.15) is 5.82 Å². The van der Waals surface area contributed by atoms with Gasteiger partial charge in [-0.05, 0) is 41.8 Å². The largest absolute Gasteiger partial charge is 0.398 e. The first-order chi connectivity index (χ1) is 9.47. The molecule has 104 valence electrons. The van der Waals surface area contributed by atoms with Gasteiger partial charge >= 0.3 is 0 Å². The maximum atomic E-state index is 13.2. The number of halogens is 1. The number of benzene rings is 2. The standard InChI is InChI=1S/C16H17FN2O/c1-10(2)11-4-3-5-13(8-11)19-16(20)14-9-12(17)6-7-15(14)18/h3-10H,18H2,1-2H3,(H,19,20). The summed E-state index contributed by atoms with van der Waals surface area (Å²) in [5, 5.41) is 2.74. The highest BCUT2D eigenvalue weighted by molar-refractivity contribution is 6.07. The minimum Gasteiger partial charge on any atom is -0.398 e. The van der Waals surface area contributed by atoms with Crippen LogP contribution >= 0.6 is 0 Å². The minimum absolute atomic E-state index is 0.139. The molecule has 0 spiro atoms. The lowest BCUT2D eigenvalue weighted by atomic mass is 10.0. The average Bonchev–Trinajstić information content (AvgIpc) is 2.41. The van der Waals surface area contributed by atoms with Crippen molar-refractivity contribution >= 4 is 17.3 Å². The van der Waals surface area contributed by atoms with Crippen LogP contribution in [0, 0.1) is 5.82 Å². The van der Waals surface area contributed by atoms with Crippen molar-refractivity contribution in [1.82, 2.24) is 0 Å². The van der Waals surface area contributed by atoms with Crippen LogP contribution in [-0.4, -0.2) is 5.91 Å². The zero-order valence-corrected chi connectivity index (χ0v) is 11.5. The Bertz CT molecular complexity index is 638. The first-order valence-electron chi connectivity index (χ1n) is 6.43. The Hall–Kier alpha value is -2.36. The first kappa shape index (κ1) is 14.1. The van der Waals surface area contributed by atoms with Crippen LogP contribution in [-0.2, 0) is 0 Å². The smallest absolute Gasteiger partial charge is 0.257 e. The number of amides is 1. The lowest BCUT2D eigenvalue weighted by molar-refractivity contribution is 0.102. The van der Waals surface area contributed by atoms with Crippen molar-refractivity contribution in [3.05, 3.63) is 59.4 Å². The summed E-state index contributed by atoms with van der Waals surface area (Å²) in [7, 11) is 0. The number of hydrogen-bond donors (Lipinski definition) is 2. The van der Waals surface area contributed by atoms with Gasteiger partial charge in [0, 0.05) is 11.4 Å². The van der Waals surface area contributed by atoms with Gasteiger partial charge in [0.2, 0.25) is 0 Å². The highest BCUT2D eigenvalue weighted by atomic mass is 19.1. The number of anilines is 2. The molecule has 2 rings (SSSR count). The molecule has 0 atom stereocenters. The van der Waals surface area contributed by atoms with Gasteiger partial charge in [-0.25, -0.2) is 4.39 Å². The molecule has 3 N–H and O–H groups in total. The zero-order valence-electron chi connectivity index (χ0n) is 11.5. The fourth-order valence-electron chi connectivity index (χ4n) is 1.90. The number of nitrogens with two attached hydrogens (primary N) is 1. The molecule has 0 aliphatic carbocycles. The Morgan fingerprint density at radius 1 is 1.20 bits per heavy atom. The monoisotopic (exact) mass is 272 g/mol. The third-order valence-corrected chi connectivity index (χ3v) is 3.07. The number of nitrogen functional groups attached to an aromatic ring is 1. The molecule has 2 aromatic carbocycles. The quantitative estimate of drug-likeness (QED) is 0.835. The summed E-state index contributed by atoms with van der Waals surface area (Å²) in [4.78, 5) is 12.1. The molecule has 2 aromatic rings. The van der Waals surface area contributed by atoms with Crippen LogP contribution in [0.5, 0.6) is 0 Å². The zero-order chi connectivity index (χ0) is 14.7. The van der Waals surface area contributed by atoms with Crippen LogP contribution in [0.1, 0.15) is 35.7 Å². The van der Waals surface area contributed by atoms with E-state index in [4.69, 9.17) is 5.73 Å². The lowest BCUT2D eigenvalue weighted by Crippen LogP contribution is -2.14. The van der Waals surface area contributed by atoms with Gasteiger partial charge in [0.05, 0.1) is 5.56 Å². The molecule has 0 aliphatic rings. The molecule has 0 unspecified atom stereocenters. The van der Waals surface area contributed by atoms with Gasteiger partial charge in [-0.3, -0.25) is 4.79 Å². The second kappa shape index (κ2) is 5.74. The summed E-state index contributed by atoms with van der Waals surface area (Å²) in [5.41, 5.74) is 7.88. The molecule has 0 bridgehead atoms. The van der Waals surface area contributed by atoms with Crippen molar-refractivity contribution in [2.45, 2.75) is 19.8 Å². The molecule has 0 radical (unpaired) electrons. The van der Waals surface area contributed by atoms with Crippen molar-refractivity contribution in [2.75, 3.05) is 11.1 Å². The SMILES string of the molecule is CC(C)c1cccc(NC(=O)c2cc(F)ccc2N)c1. The molecule has 20 heavy (non-hydrogen) atoms. The number of nitrogens with one attached hydrogen (secondary N) is 1. The second-order valence-corrected chi connectivity index (χ2v) is 4.97. The number of hydrogen-bond acceptors (Lipinski definition) is 2. The van der Waals surface area contributed by atoms with Crippen LogP contribution in [0.15, 0.2) is 42.5 Å². The van der Waals surface area contributed by atoms with E-state index in [2.05, 4.69) is 19.2 Å². The highest BCUT2D eigenvalue weighted by Crippen LogP contribution is 2.20. The predicted octanol–water partition coefficient (Wildman–Crippen LogP) is 3.78. The molecule has 0 heterocycles. The third kappa shape index (κ3) is 3.15. The van der Waals surface area contributed by atoms with E-state index in [0.29, 0.717) is 11.6 Å². The minimum atomic E-state index is -0.486. The van der Waals surface area contributed by atoms with E-state index in [1.807, 2.05) is 18.2 Å². The van der Waals surface area contributed by atoms with E-state index in [0.717, 1.165) is 11.6 Å². The van der Waals surface area contributed by atoms with E-state index >= 15 is 0 Å². The fourth-order valence-corrected chi connectivity index (χ4v) is 1.90. The molecule has 3 nitrogen and oxygen atoms in total. The van der Waals surface area contributed by atoms with Crippen molar-refractivity contribution < 1.29 is 9.18 Å². The topological polar surface area (TPSA) is 55.1 Å². The Kier molecular flexibility index (Phi) is 4.03. The van der Waals surface area contributed by atoms with Crippen molar-refractivity contribution in [1.29, 1.82) is 0 Å². The molecule has 1 amide bonds. The summed E-state index contributed by atoms with van der Waals surface area (Å²) in [6.07, 6.45) is 0. The highest BCUT2D eigenvalue weighted by Gasteiger charge is 2.11. The van der Waals surface area contributed by atoms with Crippen molar-refractivity contribution in [3.63, 3.8) is 0 Å². The molecule has 0 saturated heterocycles. The van der Waals surface area contributed by atoms with Crippen LogP contribution in [0.4, 0.5) is 15.8 Å². The summed E-state index contributed by atoms with van der Waals surface area (Å²) in [6.45, 7) is 4.15. The maximum Gasteiger partial charge on any atom is 0.257 e. The second-order valence-electron chi connectivity index (χ2n) is 4.97. The van der Waals surface area contributed by atoms with E-state index in [9.17, 15) is 9.18 Å². The van der Waals surface area contributed by atoms with Gasteiger partial charge in [-0.15, -0.1) is 0 Å². The van der Waals surface area contributed by atoms with E-state index in [1.165, 1.54) is 12.1 Å². The van der Waals surface area contributed by atoms with E-state index < -0.39 is 11.7 Å². The Morgan fingerprint density at radius 2 is 1.95 bits per heavy atom. The maximum absolute atomic E-state index is 13.2. The molecule has 4 heteroatoms. The van der Waals surface area contributed by atoms with Gasteiger partial charge in [-0.2, -0.15) is 0 Å². The van der Waals surface area contributed by atoms with Crippen LogP contribution in [0.3, 0.4) is 0 Å². The van der Waals surface area contributed by atoms with Crippen LogP contribution in [0.25, 0.3) is 0 Å². The Labute approximate surface area is 117 Å². The summed E-state index contributed by atoms with van der Waals surface area (Å²) in [6, 6.07) is 11.3. The predicted molar refractivity (Wildman–Crippen MR) is 79.3 cm³/mol. The summed E-state index contributed by atoms with van der Waals surface area (Å²) < 4.78 is 13.2. The van der Waals surface area contributed by atoms with Gasteiger partial charge in [0.25, 0.3) is 5.91 Å². The molecule has 0 saturated carbocycles. The lowest BCUT2D eigenvalue weighted by Gasteiger charge is -2.10. The Balaban J connectivity index is 2.23. The Morgan fingerprint density at radius 3 is 2.65 bits per heavy atom. The van der Waals surface area contributed by atoms with Gasteiger partial charge in [-0.1, -0.05) is 26.0 Å². The molecule has 0 aliphatic heterocycles. The number of rotatable bonds is 3. The molecule has 0 aromatic heterocycles. The van der Waals surface area contributed by atoms with E-state index in [1.54, 1.807) is 6.07 Å². The van der Waals surface area contributed by atoms with Gasteiger partial charge < -0.3 is 11.1 Å². The third-order valence-electron chi connectivity index (χ3n) is 3.07. The number of carbonyl (C=O) groups excluding carboxylic acids is 1. The fraction of sp³-hybridized carbons (Fsp3) is 0.188. The van der Waals surface area contributed by atoms with Crippen molar-refractivity contribution in [2.24, 2.45) is 0 Å². The molecular weight excluding hydrogens is 255 g/mol. The number of carbonyl (C=O) groups is 1. The van der Waals surface area contributed by atoms with Gasteiger partial charge in [0.15, 0.2) is 0 Å². The first-order valence-corrected chi connectivity index (χ1v) is 6.43. The molecule has 0 fully saturated rings.